The van der Waals surface area contributed by atoms with Gasteiger partial charge in [0.2, 0.25) is 5.91 Å². The molecule has 0 radical (unpaired) electrons. The van der Waals surface area contributed by atoms with Gasteiger partial charge >= 0.3 is 10.3 Å². The summed E-state index contributed by atoms with van der Waals surface area (Å²) in [4.78, 5) is 18.4. The number of anilines is 1. The molecule has 2 heterocycles. The molecule has 2 atom stereocenters. The lowest BCUT2D eigenvalue weighted by atomic mass is 9.80. The number of hydrogen-bond acceptors (Lipinski definition) is 6. The van der Waals surface area contributed by atoms with Crippen LogP contribution in [0.1, 0.15) is 28.7 Å². The molecule has 4 aromatic rings. The molecule has 7 nitrogen and oxygen atoms in total. The Balaban J connectivity index is 1.72. The van der Waals surface area contributed by atoms with Gasteiger partial charge < -0.3 is 5.73 Å². The average Bonchev–Trinajstić information content (AvgIpc) is 3.45. The number of carbonyl (C=O) groups excluding carboxylic acids is 1. The first-order valence-corrected chi connectivity index (χ1v) is 13.3. The van der Waals surface area contributed by atoms with Crippen LogP contribution in [0.25, 0.3) is 9.88 Å². The van der Waals surface area contributed by atoms with Crippen molar-refractivity contribution in [3.05, 3.63) is 94.1 Å². The number of benzene rings is 2. The lowest BCUT2D eigenvalue weighted by Gasteiger charge is -2.24. The molecule has 0 saturated heterocycles. The summed E-state index contributed by atoms with van der Waals surface area (Å²) in [6.07, 6.45) is 0.337. The van der Waals surface area contributed by atoms with Gasteiger partial charge in [-0.05, 0) is 53.3 Å². The normalized spacial score (nSPS) is 13.4. The maximum Gasteiger partial charge on any atom is 0.357 e. The van der Waals surface area contributed by atoms with Crippen molar-refractivity contribution in [3.8, 4) is 9.88 Å². The second kappa shape index (κ2) is 10.0. The van der Waals surface area contributed by atoms with Gasteiger partial charge in [-0.15, -0.1) is 22.7 Å². The van der Waals surface area contributed by atoms with E-state index in [0.29, 0.717) is 17.7 Å². The molecule has 2 aromatic heterocycles. The lowest BCUT2D eigenvalue weighted by Crippen LogP contribution is -2.28. The topological polar surface area (TPSA) is 122 Å². The summed E-state index contributed by atoms with van der Waals surface area (Å²) in [6.45, 7) is 0. The van der Waals surface area contributed by atoms with Crippen LogP contribution in [0, 0.1) is 5.82 Å². The van der Waals surface area contributed by atoms with E-state index < -0.39 is 33.9 Å². The zero-order valence-electron chi connectivity index (χ0n) is 17.6. The van der Waals surface area contributed by atoms with E-state index in [4.69, 9.17) is 15.3 Å². The predicted octanol–water partition coefficient (Wildman–Crippen LogP) is 4.82. The average molecular weight is 518 g/mol. The van der Waals surface area contributed by atoms with Crippen molar-refractivity contribution in [2.24, 2.45) is 5.73 Å². The molecule has 0 aliphatic rings. The van der Waals surface area contributed by atoms with Gasteiger partial charge in [-0.3, -0.25) is 14.1 Å². The minimum absolute atomic E-state index is 0.188. The van der Waals surface area contributed by atoms with Gasteiger partial charge in [-0.1, -0.05) is 30.3 Å². The van der Waals surface area contributed by atoms with Crippen molar-refractivity contribution >= 4 is 44.6 Å². The quantitative estimate of drug-likeness (QED) is 0.275. The van der Waals surface area contributed by atoms with Crippen LogP contribution in [0.15, 0.2) is 71.4 Å². The van der Waals surface area contributed by atoms with Crippen LogP contribution in [0.4, 0.5) is 10.1 Å². The number of carbonyl (C=O) groups is 1. The summed E-state index contributed by atoms with van der Waals surface area (Å²) in [5.74, 6) is -2.42. The van der Waals surface area contributed by atoms with Crippen LogP contribution >= 0.6 is 22.7 Å². The van der Waals surface area contributed by atoms with Crippen LogP contribution in [0.2, 0.25) is 0 Å². The molecule has 0 fully saturated rings. The standard InChI is InChI=1S/C23H20FN3O4S3/c24-16-4-1-3-15(12-16)21(22(25)28)18(19-13-33-23(26-19)20-5-2-10-32-20)11-14-6-8-17(9-7-14)27-34(29,30)31/h1-10,12-13,18,21,27H,11H2,(H2,25,28)(H,29,30,31)/t18-,21?/m1/s1. The molecule has 11 heteroatoms. The second-order valence-electron chi connectivity index (χ2n) is 7.57. The summed E-state index contributed by atoms with van der Waals surface area (Å²) in [7, 11) is -4.39. The number of thiophene rings is 1. The van der Waals surface area contributed by atoms with Crippen LogP contribution in [-0.4, -0.2) is 23.9 Å². The predicted molar refractivity (Wildman–Crippen MR) is 132 cm³/mol. The lowest BCUT2D eigenvalue weighted by molar-refractivity contribution is -0.120. The third-order valence-corrected chi connectivity index (χ3v) is 7.60. The molecule has 4 N–H and O–H groups in total. The van der Waals surface area contributed by atoms with Gasteiger partial charge in [0.05, 0.1) is 22.2 Å². The van der Waals surface area contributed by atoms with Crippen molar-refractivity contribution in [3.63, 3.8) is 0 Å². The zero-order valence-corrected chi connectivity index (χ0v) is 20.0. The van der Waals surface area contributed by atoms with E-state index in [0.717, 1.165) is 15.4 Å². The molecule has 0 bridgehead atoms. The molecule has 1 amide bonds. The number of primary amides is 1. The summed E-state index contributed by atoms with van der Waals surface area (Å²) >= 11 is 3.01. The second-order valence-corrected chi connectivity index (χ2v) is 10.5. The van der Waals surface area contributed by atoms with E-state index in [2.05, 4.69) is 0 Å². The number of halogens is 1. The maximum atomic E-state index is 14.0. The highest BCUT2D eigenvalue weighted by atomic mass is 32.2. The Kier molecular flexibility index (Phi) is 7.08. The first-order chi connectivity index (χ1) is 16.2. The fourth-order valence-corrected chi connectivity index (χ4v) is 5.90. The van der Waals surface area contributed by atoms with Gasteiger partial charge in [0.15, 0.2) is 0 Å². The number of rotatable bonds is 9. The highest BCUT2D eigenvalue weighted by molar-refractivity contribution is 7.87. The van der Waals surface area contributed by atoms with Crippen molar-refractivity contribution in [1.82, 2.24) is 4.98 Å². The minimum atomic E-state index is -4.39. The van der Waals surface area contributed by atoms with Crippen LogP contribution < -0.4 is 10.5 Å². The van der Waals surface area contributed by atoms with Crippen LogP contribution in [-0.2, 0) is 21.5 Å². The molecule has 0 aliphatic carbocycles. The Morgan fingerprint density at radius 2 is 1.88 bits per heavy atom. The number of hydrogen-bond donors (Lipinski definition) is 3. The molecular formula is C23H20FN3O4S3. The Morgan fingerprint density at radius 3 is 2.50 bits per heavy atom. The Labute approximate surface area is 204 Å². The molecule has 0 saturated carbocycles. The summed E-state index contributed by atoms with van der Waals surface area (Å²) in [6, 6.07) is 16.0. The fraction of sp³-hybridized carbons (Fsp3) is 0.130. The van der Waals surface area contributed by atoms with E-state index in [-0.39, 0.29) is 5.69 Å². The van der Waals surface area contributed by atoms with Crippen molar-refractivity contribution in [1.29, 1.82) is 0 Å². The minimum Gasteiger partial charge on any atom is -0.369 e. The van der Waals surface area contributed by atoms with Crippen molar-refractivity contribution in [2.75, 3.05) is 4.72 Å². The van der Waals surface area contributed by atoms with E-state index in [1.165, 1.54) is 41.7 Å². The van der Waals surface area contributed by atoms with Crippen molar-refractivity contribution in [2.45, 2.75) is 18.3 Å². The third-order valence-electron chi connectivity index (χ3n) is 5.21. The Hall–Kier alpha value is -3.12. The molecule has 1 unspecified atom stereocenters. The fourth-order valence-electron chi connectivity index (χ4n) is 3.77. The number of nitrogens with zero attached hydrogens (tertiary/aromatic N) is 1. The van der Waals surface area contributed by atoms with Gasteiger partial charge in [0, 0.05) is 11.3 Å². The summed E-state index contributed by atoms with van der Waals surface area (Å²) < 4.78 is 47.1. The molecule has 2 aromatic carbocycles. The zero-order chi connectivity index (χ0) is 24.3. The highest BCUT2D eigenvalue weighted by Gasteiger charge is 2.32. The highest BCUT2D eigenvalue weighted by Crippen LogP contribution is 2.39. The Bertz CT molecular complexity index is 1390. The number of amides is 1. The number of thiazole rings is 1. The first-order valence-electron chi connectivity index (χ1n) is 10.1. The third kappa shape index (κ3) is 5.86. The van der Waals surface area contributed by atoms with Crippen molar-refractivity contribution < 1.29 is 22.2 Å². The smallest absolute Gasteiger partial charge is 0.357 e. The van der Waals surface area contributed by atoms with Gasteiger partial charge in [-0.25, -0.2) is 9.37 Å². The molecule has 34 heavy (non-hydrogen) atoms. The maximum absolute atomic E-state index is 14.0. The number of aromatic nitrogens is 1. The van der Waals surface area contributed by atoms with Crippen LogP contribution in [0.3, 0.4) is 0 Å². The van der Waals surface area contributed by atoms with Crippen LogP contribution in [0.5, 0.6) is 0 Å². The molecule has 0 aliphatic heterocycles. The number of nitrogens with two attached hydrogens (primary N) is 1. The largest absolute Gasteiger partial charge is 0.369 e. The van der Waals surface area contributed by atoms with E-state index in [9.17, 15) is 17.6 Å². The molecule has 176 valence electrons. The first kappa shape index (κ1) is 24.0. The molecule has 4 rings (SSSR count). The summed E-state index contributed by atoms with van der Waals surface area (Å²) in [5.41, 5.74) is 7.89. The van der Waals surface area contributed by atoms with Gasteiger partial charge in [0.1, 0.15) is 10.8 Å². The molecule has 0 spiro atoms. The van der Waals surface area contributed by atoms with E-state index in [1.54, 1.807) is 29.5 Å². The number of nitrogens with one attached hydrogen (secondary N) is 1. The van der Waals surface area contributed by atoms with Gasteiger partial charge in [-0.2, -0.15) is 8.42 Å². The Morgan fingerprint density at radius 1 is 1.12 bits per heavy atom. The monoisotopic (exact) mass is 517 g/mol. The SMILES string of the molecule is NC(=O)C(c1cccc(F)c1)[C@H](Cc1ccc(NS(=O)(=O)O)cc1)c1csc(-c2cccs2)n1. The van der Waals surface area contributed by atoms with Gasteiger partial charge in [0.25, 0.3) is 0 Å². The summed E-state index contributed by atoms with van der Waals surface area (Å²) in [5, 5.41) is 4.64. The molecular weight excluding hydrogens is 497 g/mol. The van der Waals surface area contributed by atoms with E-state index >= 15 is 0 Å². The van der Waals surface area contributed by atoms with E-state index in [1.807, 2.05) is 27.6 Å².